The zero-order valence-corrected chi connectivity index (χ0v) is 12.1. The predicted molar refractivity (Wildman–Crippen MR) is 77.5 cm³/mol. The van der Waals surface area contributed by atoms with Gasteiger partial charge in [0.25, 0.3) is 5.56 Å². The molecule has 0 spiro atoms. The molecule has 3 rings (SSSR count). The van der Waals surface area contributed by atoms with E-state index in [4.69, 9.17) is 11.6 Å². The summed E-state index contributed by atoms with van der Waals surface area (Å²) >= 11 is 6.02. The Morgan fingerprint density at radius 3 is 3.05 bits per heavy atom. The highest BCUT2D eigenvalue weighted by atomic mass is 35.5. The highest BCUT2D eigenvalue weighted by Crippen LogP contribution is 2.27. The normalized spacial score (nSPS) is 23.3. The molecule has 2 aromatic heterocycles. The van der Waals surface area contributed by atoms with Crippen LogP contribution in [0.2, 0.25) is 5.02 Å². The molecule has 2 N–H and O–H groups in total. The van der Waals surface area contributed by atoms with Gasteiger partial charge in [0.2, 0.25) is 0 Å². The first-order valence-electron chi connectivity index (χ1n) is 6.15. The van der Waals surface area contributed by atoms with E-state index >= 15 is 0 Å². The Kier molecular flexibility index (Phi) is 4.18. The number of nitrogens with one attached hydrogen (secondary N) is 2. The lowest BCUT2D eigenvalue weighted by molar-refractivity contribution is 0.372. The molecule has 0 radical (unpaired) electrons. The molecule has 0 saturated carbocycles. The molecular formula is C12H16Cl2N4O. The summed E-state index contributed by atoms with van der Waals surface area (Å²) in [6.45, 7) is 3.13. The van der Waals surface area contributed by atoms with Crippen LogP contribution in [-0.4, -0.2) is 27.2 Å². The molecule has 104 valence electrons. The van der Waals surface area contributed by atoms with E-state index in [-0.39, 0.29) is 18.0 Å². The Balaban J connectivity index is 0.00000133. The lowest BCUT2D eigenvalue weighted by Crippen LogP contribution is -2.35. The highest BCUT2D eigenvalue weighted by Gasteiger charge is 2.23. The Morgan fingerprint density at radius 1 is 1.53 bits per heavy atom. The first-order valence-corrected chi connectivity index (χ1v) is 6.53. The van der Waals surface area contributed by atoms with E-state index in [1.54, 1.807) is 16.8 Å². The van der Waals surface area contributed by atoms with Crippen LogP contribution >= 0.6 is 24.0 Å². The van der Waals surface area contributed by atoms with Crippen molar-refractivity contribution in [1.82, 2.24) is 19.9 Å². The molecule has 0 aliphatic carbocycles. The Hall–Kier alpha value is -1.04. The average Bonchev–Trinajstić information content (AvgIpc) is 2.70. The highest BCUT2D eigenvalue weighted by molar-refractivity contribution is 6.33. The molecule has 1 aliphatic heterocycles. The van der Waals surface area contributed by atoms with E-state index in [0.29, 0.717) is 22.6 Å². The maximum absolute atomic E-state index is 11.7. The van der Waals surface area contributed by atoms with E-state index in [2.05, 4.69) is 22.3 Å². The quantitative estimate of drug-likeness (QED) is 0.846. The van der Waals surface area contributed by atoms with Crippen LogP contribution in [0.25, 0.3) is 5.65 Å². The number of aromatic nitrogens is 3. The number of rotatable bonds is 1. The van der Waals surface area contributed by atoms with Crippen molar-refractivity contribution in [2.45, 2.75) is 31.7 Å². The number of aromatic amines is 1. The molecule has 0 amide bonds. The number of piperidine rings is 1. The summed E-state index contributed by atoms with van der Waals surface area (Å²) in [5.41, 5.74) is 1.42. The van der Waals surface area contributed by atoms with Gasteiger partial charge in [-0.15, -0.1) is 12.4 Å². The van der Waals surface area contributed by atoms with Gasteiger partial charge in [-0.3, -0.25) is 4.79 Å². The van der Waals surface area contributed by atoms with Crippen LogP contribution in [0.1, 0.15) is 31.4 Å². The molecule has 19 heavy (non-hydrogen) atoms. The second-order valence-electron chi connectivity index (χ2n) is 4.89. The van der Waals surface area contributed by atoms with Crippen molar-refractivity contribution in [3.63, 3.8) is 0 Å². The van der Waals surface area contributed by atoms with Gasteiger partial charge in [0.1, 0.15) is 5.02 Å². The largest absolute Gasteiger partial charge is 0.314 e. The van der Waals surface area contributed by atoms with Gasteiger partial charge < -0.3 is 10.3 Å². The van der Waals surface area contributed by atoms with Gasteiger partial charge in [-0.25, -0.2) is 4.52 Å². The summed E-state index contributed by atoms with van der Waals surface area (Å²) in [4.78, 5) is 14.4. The zero-order valence-electron chi connectivity index (χ0n) is 10.5. The summed E-state index contributed by atoms with van der Waals surface area (Å²) in [7, 11) is 0. The fraction of sp³-hybridized carbons (Fsp3) is 0.500. The summed E-state index contributed by atoms with van der Waals surface area (Å²) in [5, 5.41) is 8.14. The Morgan fingerprint density at radius 2 is 2.32 bits per heavy atom. The first-order chi connectivity index (χ1) is 8.65. The van der Waals surface area contributed by atoms with Crippen molar-refractivity contribution in [2.75, 3.05) is 6.54 Å². The lowest BCUT2D eigenvalue weighted by atomic mass is 9.90. The van der Waals surface area contributed by atoms with Gasteiger partial charge in [-0.2, -0.15) is 5.10 Å². The maximum atomic E-state index is 11.7. The summed E-state index contributed by atoms with van der Waals surface area (Å²) in [5.74, 6) is 0.349. The number of halogens is 2. The molecular weight excluding hydrogens is 287 g/mol. The SMILES string of the molecule is CC1CC(c2cc(=O)[nH]c3c(Cl)cnn23)CCN1.Cl. The van der Waals surface area contributed by atoms with E-state index in [1.165, 1.54) is 0 Å². The molecule has 1 fully saturated rings. The minimum absolute atomic E-state index is 0. The van der Waals surface area contributed by atoms with E-state index in [1.807, 2.05) is 0 Å². The molecule has 0 aromatic carbocycles. The Labute approximate surface area is 121 Å². The molecule has 1 saturated heterocycles. The van der Waals surface area contributed by atoms with Gasteiger partial charge in [0.15, 0.2) is 5.65 Å². The second-order valence-corrected chi connectivity index (χ2v) is 5.30. The summed E-state index contributed by atoms with van der Waals surface area (Å²) < 4.78 is 1.76. The van der Waals surface area contributed by atoms with Crippen LogP contribution in [0.15, 0.2) is 17.1 Å². The van der Waals surface area contributed by atoms with Gasteiger partial charge in [0.05, 0.1) is 11.9 Å². The van der Waals surface area contributed by atoms with Crippen molar-refractivity contribution < 1.29 is 0 Å². The molecule has 3 heterocycles. The van der Waals surface area contributed by atoms with Gasteiger partial charge in [0, 0.05) is 18.0 Å². The third-order valence-electron chi connectivity index (χ3n) is 3.53. The summed E-state index contributed by atoms with van der Waals surface area (Å²) in [6.07, 6.45) is 3.59. The predicted octanol–water partition coefficient (Wildman–Crippen LogP) is 1.95. The van der Waals surface area contributed by atoms with Crippen LogP contribution in [0.3, 0.4) is 0 Å². The minimum Gasteiger partial charge on any atom is -0.314 e. The van der Waals surface area contributed by atoms with Gasteiger partial charge >= 0.3 is 0 Å². The van der Waals surface area contributed by atoms with Crippen LogP contribution in [0, 0.1) is 0 Å². The first kappa shape index (κ1) is 14.4. The maximum Gasteiger partial charge on any atom is 0.251 e. The third kappa shape index (κ3) is 2.63. The number of hydrogen-bond acceptors (Lipinski definition) is 3. The molecule has 1 aliphatic rings. The molecule has 2 unspecified atom stereocenters. The zero-order chi connectivity index (χ0) is 12.7. The lowest BCUT2D eigenvalue weighted by Gasteiger charge is -2.28. The molecule has 2 atom stereocenters. The average molecular weight is 303 g/mol. The molecule has 5 nitrogen and oxygen atoms in total. The van der Waals surface area contributed by atoms with Crippen LogP contribution < -0.4 is 10.9 Å². The van der Waals surface area contributed by atoms with Crippen molar-refractivity contribution in [3.05, 3.63) is 33.3 Å². The van der Waals surface area contributed by atoms with Crippen LogP contribution in [0.4, 0.5) is 0 Å². The van der Waals surface area contributed by atoms with E-state index < -0.39 is 0 Å². The van der Waals surface area contributed by atoms with E-state index in [9.17, 15) is 4.79 Å². The summed E-state index contributed by atoms with van der Waals surface area (Å²) in [6, 6.07) is 2.10. The molecule has 0 bridgehead atoms. The van der Waals surface area contributed by atoms with Gasteiger partial charge in [-0.1, -0.05) is 11.6 Å². The fourth-order valence-electron chi connectivity index (χ4n) is 2.68. The third-order valence-corrected chi connectivity index (χ3v) is 3.81. The topological polar surface area (TPSA) is 62.2 Å². The van der Waals surface area contributed by atoms with Crippen LogP contribution in [-0.2, 0) is 0 Å². The number of H-pyrrole nitrogens is 1. The number of nitrogens with zero attached hydrogens (tertiary/aromatic N) is 2. The Bertz CT molecular complexity index is 636. The van der Waals surface area contributed by atoms with Crippen molar-refractivity contribution in [2.24, 2.45) is 0 Å². The number of hydrogen-bond donors (Lipinski definition) is 2. The molecule has 7 heteroatoms. The second kappa shape index (κ2) is 5.53. The van der Waals surface area contributed by atoms with Crippen molar-refractivity contribution >= 4 is 29.7 Å². The van der Waals surface area contributed by atoms with Gasteiger partial charge in [-0.05, 0) is 26.3 Å². The van der Waals surface area contributed by atoms with E-state index in [0.717, 1.165) is 25.1 Å². The monoisotopic (exact) mass is 302 g/mol. The van der Waals surface area contributed by atoms with Crippen molar-refractivity contribution in [1.29, 1.82) is 0 Å². The van der Waals surface area contributed by atoms with Crippen LogP contribution in [0.5, 0.6) is 0 Å². The smallest absolute Gasteiger partial charge is 0.251 e. The number of fused-ring (bicyclic) bond motifs is 1. The standard InChI is InChI=1S/C12H15ClN4O.ClH/c1-7-4-8(2-3-14-7)10-5-11(18)16-12-9(13)6-15-17(10)12;/h5-8,14H,2-4H2,1H3,(H,16,18);1H. The molecule has 2 aromatic rings. The van der Waals surface area contributed by atoms with Crippen molar-refractivity contribution in [3.8, 4) is 0 Å². The minimum atomic E-state index is -0.119. The fourth-order valence-corrected chi connectivity index (χ4v) is 2.85.